The summed E-state index contributed by atoms with van der Waals surface area (Å²) in [5.74, 6) is 0. The SMILES string of the molecule is CNC1CCN(CCC2=CCCC2)CC1. The van der Waals surface area contributed by atoms with Crippen molar-refractivity contribution in [1.82, 2.24) is 10.2 Å². The lowest BCUT2D eigenvalue weighted by atomic mass is 10.0. The number of nitrogens with one attached hydrogen (secondary N) is 1. The summed E-state index contributed by atoms with van der Waals surface area (Å²) in [6.07, 6.45) is 10.5. The molecule has 1 heterocycles. The Morgan fingerprint density at radius 1 is 1.40 bits per heavy atom. The third-order valence-corrected chi connectivity index (χ3v) is 3.88. The van der Waals surface area contributed by atoms with Gasteiger partial charge in [0.15, 0.2) is 0 Å². The number of nitrogens with zero attached hydrogens (tertiary/aromatic N) is 1. The highest BCUT2D eigenvalue weighted by atomic mass is 15.1. The van der Waals surface area contributed by atoms with Crippen molar-refractivity contribution in [2.75, 3.05) is 26.7 Å². The maximum atomic E-state index is 3.38. The minimum Gasteiger partial charge on any atom is -0.317 e. The van der Waals surface area contributed by atoms with E-state index in [0.29, 0.717) is 0 Å². The first-order chi connectivity index (χ1) is 7.38. The van der Waals surface area contributed by atoms with Crippen LogP contribution < -0.4 is 5.32 Å². The number of piperidine rings is 1. The summed E-state index contributed by atoms with van der Waals surface area (Å²) in [5.41, 5.74) is 1.71. The first-order valence-corrected chi connectivity index (χ1v) is 6.46. The van der Waals surface area contributed by atoms with Crippen LogP contribution in [0.3, 0.4) is 0 Å². The van der Waals surface area contributed by atoms with Crippen molar-refractivity contribution in [3.05, 3.63) is 11.6 Å². The van der Waals surface area contributed by atoms with E-state index >= 15 is 0 Å². The molecule has 0 aromatic carbocycles. The van der Waals surface area contributed by atoms with Gasteiger partial charge in [-0.15, -0.1) is 0 Å². The Hall–Kier alpha value is -0.340. The lowest BCUT2D eigenvalue weighted by Gasteiger charge is -2.31. The number of allylic oxidation sites excluding steroid dienone is 1. The normalized spacial score (nSPS) is 24.5. The van der Waals surface area contributed by atoms with Crippen LogP contribution in [0.15, 0.2) is 11.6 Å². The van der Waals surface area contributed by atoms with E-state index in [0.717, 1.165) is 6.04 Å². The summed E-state index contributed by atoms with van der Waals surface area (Å²) in [6, 6.07) is 0.770. The quantitative estimate of drug-likeness (QED) is 0.712. The number of likely N-dealkylation sites (tertiary alicyclic amines) is 1. The van der Waals surface area contributed by atoms with E-state index in [-0.39, 0.29) is 0 Å². The number of rotatable bonds is 4. The van der Waals surface area contributed by atoms with Crippen LogP contribution in [0, 0.1) is 0 Å². The molecule has 2 heteroatoms. The zero-order valence-electron chi connectivity index (χ0n) is 9.97. The first kappa shape index (κ1) is 11.2. The van der Waals surface area contributed by atoms with Gasteiger partial charge in [-0.1, -0.05) is 11.6 Å². The molecule has 0 aromatic heterocycles. The molecule has 0 unspecified atom stereocenters. The molecular weight excluding hydrogens is 184 g/mol. The third kappa shape index (κ3) is 3.32. The highest BCUT2D eigenvalue weighted by Gasteiger charge is 2.17. The Labute approximate surface area is 93.7 Å². The van der Waals surface area contributed by atoms with Gasteiger partial charge in [0.05, 0.1) is 0 Å². The van der Waals surface area contributed by atoms with E-state index in [1.165, 1.54) is 58.2 Å². The molecule has 86 valence electrons. The van der Waals surface area contributed by atoms with Gasteiger partial charge in [0.1, 0.15) is 0 Å². The smallest absolute Gasteiger partial charge is 0.00884 e. The molecule has 15 heavy (non-hydrogen) atoms. The van der Waals surface area contributed by atoms with Gasteiger partial charge >= 0.3 is 0 Å². The molecule has 1 saturated heterocycles. The average molecular weight is 208 g/mol. The van der Waals surface area contributed by atoms with Gasteiger partial charge in [0.25, 0.3) is 0 Å². The zero-order chi connectivity index (χ0) is 10.5. The minimum absolute atomic E-state index is 0.770. The monoisotopic (exact) mass is 208 g/mol. The van der Waals surface area contributed by atoms with E-state index in [9.17, 15) is 0 Å². The topological polar surface area (TPSA) is 15.3 Å². The van der Waals surface area contributed by atoms with Crippen LogP contribution in [0.1, 0.15) is 38.5 Å². The van der Waals surface area contributed by atoms with Crippen LogP contribution in [-0.2, 0) is 0 Å². The van der Waals surface area contributed by atoms with Gasteiger partial charge in [-0.05, 0) is 58.7 Å². The maximum absolute atomic E-state index is 3.38. The molecule has 0 bridgehead atoms. The Kier molecular flexibility index (Phi) is 4.21. The van der Waals surface area contributed by atoms with Crippen molar-refractivity contribution >= 4 is 0 Å². The summed E-state index contributed by atoms with van der Waals surface area (Å²) in [4.78, 5) is 2.63. The molecule has 1 N–H and O–H groups in total. The van der Waals surface area contributed by atoms with Gasteiger partial charge in [-0.2, -0.15) is 0 Å². The number of hydrogen-bond donors (Lipinski definition) is 1. The highest BCUT2D eigenvalue weighted by Crippen LogP contribution is 2.21. The molecular formula is C13H24N2. The molecule has 0 amide bonds. The molecule has 0 spiro atoms. The Morgan fingerprint density at radius 3 is 2.80 bits per heavy atom. The van der Waals surface area contributed by atoms with Crippen molar-refractivity contribution in [3.8, 4) is 0 Å². The Balaban J connectivity index is 1.64. The third-order valence-electron chi connectivity index (χ3n) is 3.88. The van der Waals surface area contributed by atoms with Crippen molar-refractivity contribution < 1.29 is 0 Å². The molecule has 0 radical (unpaired) electrons. The lowest BCUT2D eigenvalue weighted by Crippen LogP contribution is -2.41. The summed E-state index contributed by atoms with van der Waals surface area (Å²) in [7, 11) is 2.09. The predicted octanol–water partition coefficient (Wildman–Crippen LogP) is 2.17. The Morgan fingerprint density at radius 2 is 2.20 bits per heavy atom. The average Bonchev–Trinajstić information content (AvgIpc) is 2.80. The fourth-order valence-corrected chi connectivity index (χ4v) is 2.71. The highest BCUT2D eigenvalue weighted by molar-refractivity contribution is 5.07. The van der Waals surface area contributed by atoms with Crippen LogP contribution in [0.5, 0.6) is 0 Å². The molecule has 2 aliphatic rings. The fraction of sp³-hybridized carbons (Fsp3) is 0.846. The van der Waals surface area contributed by atoms with Crippen LogP contribution >= 0.6 is 0 Å². The molecule has 0 aromatic rings. The van der Waals surface area contributed by atoms with Gasteiger partial charge in [0.2, 0.25) is 0 Å². The van der Waals surface area contributed by atoms with Crippen LogP contribution in [-0.4, -0.2) is 37.6 Å². The molecule has 0 atom stereocenters. The van der Waals surface area contributed by atoms with Crippen LogP contribution in [0.4, 0.5) is 0 Å². The Bertz CT molecular complexity index is 215. The van der Waals surface area contributed by atoms with Crippen LogP contribution in [0.25, 0.3) is 0 Å². The summed E-state index contributed by atoms with van der Waals surface area (Å²) < 4.78 is 0. The van der Waals surface area contributed by atoms with Crippen molar-refractivity contribution in [3.63, 3.8) is 0 Å². The predicted molar refractivity (Wildman–Crippen MR) is 65.1 cm³/mol. The molecule has 1 fully saturated rings. The van der Waals surface area contributed by atoms with E-state index in [1.54, 1.807) is 5.57 Å². The molecule has 2 rings (SSSR count). The lowest BCUT2D eigenvalue weighted by molar-refractivity contribution is 0.203. The molecule has 0 saturated carbocycles. The number of hydrogen-bond acceptors (Lipinski definition) is 2. The van der Waals surface area contributed by atoms with Crippen molar-refractivity contribution in [1.29, 1.82) is 0 Å². The van der Waals surface area contributed by atoms with E-state index in [4.69, 9.17) is 0 Å². The largest absolute Gasteiger partial charge is 0.317 e. The van der Waals surface area contributed by atoms with Gasteiger partial charge in [0, 0.05) is 12.6 Å². The van der Waals surface area contributed by atoms with Gasteiger partial charge < -0.3 is 10.2 Å². The maximum Gasteiger partial charge on any atom is 0.00884 e. The minimum atomic E-state index is 0.770. The van der Waals surface area contributed by atoms with E-state index in [2.05, 4.69) is 23.3 Å². The summed E-state index contributed by atoms with van der Waals surface area (Å²) >= 11 is 0. The summed E-state index contributed by atoms with van der Waals surface area (Å²) in [6.45, 7) is 3.87. The second-order valence-corrected chi connectivity index (χ2v) is 4.91. The first-order valence-electron chi connectivity index (χ1n) is 6.46. The fourth-order valence-electron chi connectivity index (χ4n) is 2.71. The molecule has 2 nitrogen and oxygen atoms in total. The second kappa shape index (κ2) is 5.66. The van der Waals surface area contributed by atoms with Crippen molar-refractivity contribution in [2.24, 2.45) is 0 Å². The molecule has 1 aliphatic carbocycles. The van der Waals surface area contributed by atoms with Crippen LogP contribution in [0.2, 0.25) is 0 Å². The van der Waals surface area contributed by atoms with E-state index in [1.807, 2.05) is 0 Å². The molecule has 1 aliphatic heterocycles. The van der Waals surface area contributed by atoms with E-state index < -0.39 is 0 Å². The zero-order valence-corrected chi connectivity index (χ0v) is 9.97. The summed E-state index contributed by atoms with van der Waals surface area (Å²) in [5, 5.41) is 3.38. The standard InChI is InChI=1S/C13H24N2/c1-14-13-7-10-15(11-8-13)9-6-12-4-2-3-5-12/h4,13-14H,2-3,5-11H2,1H3. The second-order valence-electron chi connectivity index (χ2n) is 4.91. The van der Waals surface area contributed by atoms with Crippen molar-refractivity contribution in [2.45, 2.75) is 44.6 Å². The van der Waals surface area contributed by atoms with Gasteiger partial charge in [-0.3, -0.25) is 0 Å². The van der Waals surface area contributed by atoms with Gasteiger partial charge in [-0.25, -0.2) is 0 Å².